The minimum atomic E-state index is -0.513. The number of pyridine rings is 1. The van der Waals surface area contributed by atoms with E-state index in [1.165, 1.54) is 12.3 Å². The number of hydrazine groups is 1. The smallest absolute Gasteiger partial charge is 0.214 e. The van der Waals surface area contributed by atoms with E-state index in [1.54, 1.807) is 12.1 Å². The van der Waals surface area contributed by atoms with Crippen LogP contribution in [-0.4, -0.2) is 4.98 Å². The van der Waals surface area contributed by atoms with Gasteiger partial charge in [-0.1, -0.05) is 12.6 Å². The van der Waals surface area contributed by atoms with Gasteiger partial charge in [0.25, 0.3) is 0 Å². The first-order valence-electron chi connectivity index (χ1n) is 3.08. The van der Waals surface area contributed by atoms with Crippen LogP contribution in [0.25, 0.3) is 0 Å². The lowest BCUT2D eigenvalue weighted by Gasteiger charge is -2.02. The van der Waals surface area contributed by atoms with Gasteiger partial charge in [-0.3, -0.25) is 5.43 Å². The third kappa shape index (κ3) is 2.25. The molecule has 0 aliphatic rings. The largest absolute Gasteiger partial charge is 0.308 e. The fourth-order valence-corrected chi connectivity index (χ4v) is 0.603. The summed E-state index contributed by atoms with van der Waals surface area (Å²) in [6.45, 7) is 3.40. The molecule has 0 spiro atoms. The van der Waals surface area contributed by atoms with Crippen molar-refractivity contribution in [3.8, 4) is 0 Å². The Morgan fingerprint density at radius 3 is 3.00 bits per heavy atom. The van der Waals surface area contributed by atoms with Crippen LogP contribution in [0, 0.1) is 5.95 Å². The number of anilines is 1. The lowest BCUT2D eigenvalue weighted by atomic mass is 10.5. The SMILES string of the molecule is C=CNNc1cccc(F)n1. The van der Waals surface area contributed by atoms with Crippen molar-refractivity contribution in [1.29, 1.82) is 0 Å². The Labute approximate surface area is 63.9 Å². The summed E-state index contributed by atoms with van der Waals surface area (Å²) in [5.74, 6) is -0.0919. The van der Waals surface area contributed by atoms with Gasteiger partial charge in [0.05, 0.1) is 0 Å². The molecule has 0 aromatic carbocycles. The van der Waals surface area contributed by atoms with Crippen molar-refractivity contribution < 1.29 is 4.39 Å². The molecule has 1 aromatic heterocycles. The van der Waals surface area contributed by atoms with Gasteiger partial charge in [0, 0.05) is 6.20 Å². The summed E-state index contributed by atoms with van der Waals surface area (Å²) in [6, 6.07) is 4.48. The summed E-state index contributed by atoms with van der Waals surface area (Å²) < 4.78 is 12.4. The molecule has 1 rings (SSSR count). The molecular formula is C7H8FN3. The Bertz CT molecular complexity index is 249. The van der Waals surface area contributed by atoms with Crippen LogP contribution in [0.2, 0.25) is 0 Å². The third-order valence-corrected chi connectivity index (χ3v) is 1.02. The first kappa shape index (κ1) is 7.53. The lowest BCUT2D eigenvalue weighted by molar-refractivity contribution is 0.584. The average Bonchev–Trinajstić information content (AvgIpc) is 2.01. The number of halogens is 1. The van der Waals surface area contributed by atoms with Crippen molar-refractivity contribution in [2.45, 2.75) is 0 Å². The standard InChI is InChI=1S/C7H8FN3/c1-2-9-11-7-5-3-4-6(8)10-7/h2-5,9H,1H2,(H,10,11). The third-order valence-electron chi connectivity index (χ3n) is 1.02. The Morgan fingerprint density at radius 2 is 2.36 bits per heavy atom. The van der Waals surface area contributed by atoms with Crippen LogP contribution in [0.5, 0.6) is 0 Å². The van der Waals surface area contributed by atoms with Gasteiger partial charge in [-0.2, -0.15) is 4.39 Å². The maximum Gasteiger partial charge on any atom is 0.214 e. The van der Waals surface area contributed by atoms with Crippen LogP contribution in [0.15, 0.2) is 31.0 Å². The summed E-state index contributed by atoms with van der Waals surface area (Å²) in [6.07, 6.45) is 1.44. The van der Waals surface area contributed by atoms with E-state index in [0.717, 1.165) is 0 Å². The molecular weight excluding hydrogens is 145 g/mol. The second kappa shape index (κ2) is 3.55. The molecule has 0 amide bonds. The number of hydrogen-bond donors (Lipinski definition) is 2. The monoisotopic (exact) mass is 153 g/mol. The zero-order valence-electron chi connectivity index (χ0n) is 5.84. The average molecular weight is 153 g/mol. The van der Waals surface area contributed by atoms with Gasteiger partial charge in [-0.15, -0.1) is 0 Å². The van der Waals surface area contributed by atoms with Crippen molar-refractivity contribution >= 4 is 5.82 Å². The van der Waals surface area contributed by atoms with Gasteiger partial charge in [-0.25, -0.2) is 4.98 Å². The number of hydrogen-bond acceptors (Lipinski definition) is 3. The van der Waals surface area contributed by atoms with Crippen LogP contribution in [0.4, 0.5) is 10.2 Å². The van der Waals surface area contributed by atoms with Crippen LogP contribution < -0.4 is 10.9 Å². The van der Waals surface area contributed by atoms with E-state index in [-0.39, 0.29) is 0 Å². The maximum atomic E-state index is 12.4. The molecule has 1 aromatic rings. The highest BCUT2D eigenvalue weighted by atomic mass is 19.1. The number of aromatic nitrogens is 1. The van der Waals surface area contributed by atoms with E-state index in [2.05, 4.69) is 22.4 Å². The molecule has 0 saturated carbocycles. The molecule has 0 bridgehead atoms. The lowest BCUT2D eigenvalue weighted by Crippen LogP contribution is -2.14. The Kier molecular flexibility index (Phi) is 2.43. The molecule has 0 radical (unpaired) electrons. The summed E-state index contributed by atoms with van der Waals surface area (Å²) in [7, 11) is 0. The number of nitrogens with zero attached hydrogens (tertiary/aromatic N) is 1. The number of rotatable bonds is 3. The molecule has 0 aliphatic carbocycles. The maximum absolute atomic E-state index is 12.4. The van der Waals surface area contributed by atoms with Gasteiger partial charge >= 0.3 is 0 Å². The van der Waals surface area contributed by atoms with Crippen molar-refractivity contribution in [3.63, 3.8) is 0 Å². The fraction of sp³-hybridized carbons (Fsp3) is 0. The van der Waals surface area contributed by atoms with Gasteiger partial charge in [-0.05, 0) is 12.1 Å². The zero-order chi connectivity index (χ0) is 8.10. The van der Waals surface area contributed by atoms with Gasteiger partial charge in [0.15, 0.2) is 0 Å². The second-order valence-electron chi connectivity index (χ2n) is 1.82. The Balaban J connectivity index is 2.63. The van der Waals surface area contributed by atoms with Crippen LogP contribution in [0.3, 0.4) is 0 Å². The van der Waals surface area contributed by atoms with E-state index >= 15 is 0 Å². The molecule has 0 atom stereocenters. The normalized spacial score (nSPS) is 8.82. The van der Waals surface area contributed by atoms with Crippen LogP contribution >= 0.6 is 0 Å². The number of nitrogens with one attached hydrogen (secondary N) is 2. The quantitative estimate of drug-likeness (QED) is 0.507. The van der Waals surface area contributed by atoms with Crippen molar-refractivity contribution in [1.82, 2.24) is 10.4 Å². The molecule has 2 N–H and O–H groups in total. The molecule has 0 fully saturated rings. The molecule has 0 saturated heterocycles. The fourth-order valence-electron chi connectivity index (χ4n) is 0.603. The molecule has 0 unspecified atom stereocenters. The highest BCUT2D eigenvalue weighted by molar-refractivity contribution is 5.32. The predicted octanol–water partition coefficient (Wildman–Crippen LogP) is 1.28. The van der Waals surface area contributed by atoms with E-state index < -0.39 is 5.95 Å². The minimum absolute atomic E-state index is 0.421. The van der Waals surface area contributed by atoms with Crippen LogP contribution in [0.1, 0.15) is 0 Å². The highest BCUT2D eigenvalue weighted by Crippen LogP contribution is 2.00. The second-order valence-corrected chi connectivity index (χ2v) is 1.82. The van der Waals surface area contributed by atoms with E-state index in [0.29, 0.717) is 5.82 Å². The van der Waals surface area contributed by atoms with Gasteiger partial charge < -0.3 is 5.43 Å². The zero-order valence-corrected chi connectivity index (χ0v) is 5.84. The van der Waals surface area contributed by atoms with Gasteiger partial charge in [0.2, 0.25) is 5.95 Å². The van der Waals surface area contributed by atoms with Crippen molar-refractivity contribution in [2.24, 2.45) is 0 Å². The van der Waals surface area contributed by atoms with Gasteiger partial charge in [0.1, 0.15) is 5.82 Å². The molecule has 11 heavy (non-hydrogen) atoms. The summed E-state index contributed by atoms with van der Waals surface area (Å²) in [5.41, 5.74) is 5.19. The minimum Gasteiger partial charge on any atom is -0.308 e. The Hall–Kier alpha value is -1.58. The highest BCUT2D eigenvalue weighted by Gasteiger charge is 1.91. The first-order chi connectivity index (χ1) is 5.33. The van der Waals surface area contributed by atoms with E-state index in [1.807, 2.05) is 0 Å². The Morgan fingerprint density at radius 1 is 1.55 bits per heavy atom. The van der Waals surface area contributed by atoms with E-state index in [4.69, 9.17) is 0 Å². The van der Waals surface area contributed by atoms with Crippen molar-refractivity contribution in [2.75, 3.05) is 5.43 Å². The summed E-state index contributed by atoms with van der Waals surface area (Å²) in [4.78, 5) is 3.52. The van der Waals surface area contributed by atoms with E-state index in [9.17, 15) is 4.39 Å². The summed E-state index contributed by atoms with van der Waals surface area (Å²) in [5, 5.41) is 0. The molecule has 0 aliphatic heterocycles. The van der Waals surface area contributed by atoms with Crippen molar-refractivity contribution in [3.05, 3.63) is 36.9 Å². The molecule has 58 valence electrons. The van der Waals surface area contributed by atoms with Crippen LogP contribution in [-0.2, 0) is 0 Å². The first-order valence-corrected chi connectivity index (χ1v) is 3.08. The molecule has 4 heteroatoms. The molecule has 3 nitrogen and oxygen atoms in total. The molecule has 1 heterocycles. The summed E-state index contributed by atoms with van der Waals surface area (Å²) >= 11 is 0. The topological polar surface area (TPSA) is 37.0 Å². The predicted molar refractivity (Wildman–Crippen MR) is 41.2 cm³/mol.